The van der Waals surface area contributed by atoms with Crippen molar-refractivity contribution < 1.29 is 4.74 Å². The van der Waals surface area contributed by atoms with Crippen molar-refractivity contribution in [2.24, 2.45) is 0 Å². The number of rotatable bonds is 5. The third kappa shape index (κ3) is 4.81. The summed E-state index contributed by atoms with van der Waals surface area (Å²) >= 11 is 0. The summed E-state index contributed by atoms with van der Waals surface area (Å²) in [6.45, 7) is 6.90. The molecule has 0 radical (unpaired) electrons. The zero-order valence-corrected chi connectivity index (χ0v) is 30.0. The van der Waals surface area contributed by atoms with Gasteiger partial charge < -0.3 is 14.5 Å². The van der Waals surface area contributed by atoms with E-state index in [0.717, 1.165) is 51.1 Å². The van der Waals surface area contributed by atoms with Gasteiger partial charge in [-0.25, -0.2) is 0 Å². The number of nitrogens with zero attached hydrogens (tertiary/aromatic N) is 2. The molecular formula is C50H38N2O. The largest absolute Gasteiger partial charge is 0.452 e. The second kappa shape index (κ2) is 12.0. The van der Waals surface area contributed by atoms with E-state index in [1.54, 1.807) is 0 Å². The van der Waals surface area contributed by atoms with E-state index >= 15 is 0 Å². The van der Waals surface area contributed by atoms with Gasteiger partial charge in [0.25, 0.3) is 0 Å². The molecule has 0 spiro atoms. The molecule has 2 aliphatic heterocycles. The van der Waals surface area contributed by atoms with Gasteiger partial charge in [0.1, 0.15) is 0 Å². The van der Waals surface area contributed by atoms with E-state index in [0.29, 0.717) is 0 Å². The molecule has 0 atom stereocenters. The fraction of sp³-hybridized carbons (Fsp3) is 0.0800. The van der Waals surface area contributed by atoms with Gasteiger partial charge in [-0.3, -0.25) is 0 Å². The zero-order valence-electron chi connectivity index (χ0n) is 30.0. The Balaban J connectivity index is 1.23. The van der Waals surface area contributed by atoms with Crippen LogP contribution in [0.2, 0.25) is 0 Å². The van der Waals surface area contributed by atoms with Crippen molar-refractivity contribution in [2.75, 3.05) is 9.80 Å². The number of ether oxygens (including phenoxy) is 1. The summed E-state index contributed by atoms with van der Waals surface area (Å²) in [4.78, 5) is 4.93. The summed E-state index contributed by atoms with van der Waals surface area (Å²) < 4.78 is 6.92. The lowest BCUT2D eigenvalue weighted by molar-refractivity contribution is 0.472. The van der Waals surface area contributed by atoms with Gasteiger partial charge in [0.15, 0.2) is 11.5 Å². The monoisotopic (exact) mass is 682 g/mol. The normalized spacial score (nSPS) is 13.5. The number of aryl methyl sites for hydroxylation is 1. The Morgan fingerprint density at radius 3 is 2.00 bits per heavy atom. The molecule has 10 rings (SSSR count). The van der Waals surface area contributed by atoms with Crippen LogP contribution in [0.1, 0.15) is 30.5 Å². The maximum Gasteiger partial charge on any atom is 0.159 e. The summed E-state index contributed by atoms with van der Waals surface area (Å²) in [5.74, 6) is 1.78. The Hall–Kier alpha value is -6.58. The minimum Gasteiger partial charge on any atom is -0.452 e. The van der Waals surface area contributed by atoms with Crippen LogP contribution in [0.5, 0.6) is 11.5 Å². The number of fused-ring (bicyclic) bond motifs is 5. The lowest BCUT2D eigenvalue weighted by Crippen LogP contribution is -2.33. The molecule has 0 bridgehead atoms. The number of hydrogen-bond donors (Lipinski definition) is 0. The summed E-state index contributed by atoms with van der Waals surface area (Å²) in [5, 5.41) is 2.41. The second-order valence-electron chi connectivity index (χ2n) is 14.6. The average Bonchev–Trinajstić information content (AvgIpc) is 3.21. The van der Waals surface area contributed by atoms with E-state index in [4.69, 9.17) is 4.74 Å². The Morgan fingerprint density at radius 2 is 1.19 bits per heavy atom. The molecule has 254 valence electrons. The topological polar surface area (TPSA) is 15.7 Å². The van der Waals surface area contributed by atoms with Crippen LogP contribution >= 0.6 is 0 Å². The van der Waals surface area contributed by atoms with E-state index in [-0.39, 0.29) is 5.41 Å². The smallest absolute Gasteiger partial charge is 0.159 e. The van der Waals surface area contributed by atoms with Gasteiger partial charge in [-0.2, -0.15) is 0 Å². The molecule has 0 unspecified atom stereocenters. The van der Waals surface area contributed by atoms with Crippen molar-refractivity contribution in [1.29, 1.82) is 0 Å². The Kier molecular flexibility index (Phi) is 7.06. The summed E-state index contributed by atoms with van der Waals surface area (Å²) in [6.07, 6.45) is 0. The highest BCUT2D eigenvalue weighted by molar-refractivity contribution is 6.02. The van der Waals surface area contributed by atoms with Crippen molar-refractivity contribution >= 4 is 44.9 Å². The van der Waals surface area contributed by atoms with E-state index in [2.05, 4.69) is 206 Å². The van der Waals surface area contributed by atoms with Crippen LogP contribution in [0.3, 0.4) is 0 Å². The molecule has 8 aromatic carbocycles. The molecule has 3 nitrogen and oxygen atoms in total. The third-order valence-corrected chi connectivity index (χ3v) is 11.1. The Labute approximate surface area is 311 Å². The first-order valence-electron chi connectivity index (χ1n) is 18.4. The summed E-state index contributed by atoms with van der Waals surface area (Å²) in [6, 6.07) is 63.4. The van der Waals surface area contributed by atoms with Gasteiger partial charge in [-0.1, -0.05) is 153 Å². The van der Waals surface area contributed by atoms with E-state index in [1.165, 1.54) is 44.3 Å². The molecule has 0 N–H and O–H groups in total. The van der Waals surface area contributed by atoms with Crippen LogP contribution in [0.25, 0.3) is 33.0 Å². The highest BCUT2D eigenvalue weighted by Crippen LogP contribution is 2.62. The molecule has 53 heavy (non-hydrogen) atoms. The predicted molar refractivity (Wildman–Crippen MR) is 221 cm³/mol. The number of benzene rings is 8. The summed E-state index contributed by atoms with van der Waals surface area (Å²) in [7, 11) is 0. The van der Waals surface area contributed by atoms with Gasteiger partial charge in [-0.05, 0) is 76.5 Å². The van der Waals surface area contributed by atoms with E-state index < -0.39 is 0 Å². The van der Waals surface area contributed by atoms with Gasteiger partial charge >= 0.3 is 0 Å². The lowest BCUT2D eigenvalue weighted by atomic mass is 9.72. The average molecular weight is 683 g/mol. The molecule has 0 saturated heterocycles. The first kappa shape index (κ1) is 31.2. The maximum absolute atomic E-state index is 6.92. The third-order valence-electron chi connectivity index (χ3n) is 11.1. The van der Waals surface area contributed by atoms with Crippen LogP contribution in [0.4, 0.5) is 34.1 Å². The van der Waals surface area contributed by atoms with E-state index in [9.17, 15) is 0 Å². The van der Waals surface area contributed by atoms with Crippen LogP contribution in [0.15, 0.2) is 176 Å². The van der Waals surface area contributed by atoms with Crippen molar-refractivity contribution in [3.8, 4) is 33.8 Å². The molecule has 0 aliphatic carbocycles. The van der Waals surface area contributed by atoms with E-state index in [1.807, 2.05) is 0 Å². The standard InChI is InChI=1S/C50H38N2O/c1-33-28-30-40(36-18-8-5-9-19-36)49-47(33)52-45-31-29-37(32-42(45)50(2,3)41-24-15-27-46(53-49)48(41)52)51(44-26-14-21-35-20-10-11-22-39(35)44)43-25-13-12-23-38(43)34-16-6-4-7-17-34/h4-32H,1-3H3. The fourth-order valence-electron chi connectivity index (χ4n) is 8.54. The number of hydrogen-bond acceptors (Lipinski definition) is 3. The lowest BCUT2D eigenvalue weighted by Gasteiger charge is -2.46. The van der Waals surface area contributed by atoms with Gasteiger partial charge in [-0.15, -0.1) is 0 Å². The SMILES string of the molecule is Cc1ccc(-c2ccccc2)c2c1N1c3ccc(N(c4ccccc4-c4ccccc4)c4cccc5ccccc45)cc3C(C)(C)c3cccc(c31)O2. The van der Waals surface area contributed by atoms with Gasteiger partial charge in [0, 0.05) is 27.6 Å². The van der Waals surface area contributed by atoms with Crippen LogP contribution in [-0.4, -0.2) is 0 Å². The molecule has 3 heteroatoms. The molecule has 2 heterocycles. The molecular weight excluding hydrogens is 645 g/mol. The Bertz CT molecular complexity index is 2690. The molecule has 8 aromatic rings. The Morgan fingerprint density at radius 1 is 0.528 bits per heavy atom. The highest BCUT2D eigenvalue weighted by Gasteiger charge is 2.43. The van der Waals surface area contributed by atoms with Crippen molar-refractivity contribution in [1.82, 2.24) is 0 Å². The molecule has 0 amide bonds. The minimum absolute atomic E-state index is 0.317. The highest BCUT2D eigenvalue weighted by atomic mass is 16.5. The molecule has 0 fully saturated rings. The predicted octanol–water partition coefficient (Wildman–Crippen LogP) is 14.2. The minimum atomic E-state index is -0.317. The second-order valence-corrected chi connectivity index (χ2v) is 14.6. The van der Waals surface area contributed by atoms with Crippen molar-refractivity contribution in [3.63, 3.8) is 0 Å². The first-order valence-corrected chi connectivity index (χ1v) is 18.4. The number of anilines is 6. The number of para-hydroxylation sites is 2. The summed E-state index contributed by atoms with van der Waals surface area (Å²) in [5.41, 5.74) is 14.7. The molecule has 0 aromatic heterocycles. The van der Waals surface area contributed by atoms with Crippen LogP contribution in [0, 0.1) is 6.92 Å². The maximum atomic E-state index is 6.92. The fourth-order valence-corrected chi connectivity index (χ4v) is 8.54. The first-order chi connectivity index (χ1) is 26.0. The zero-order chi connectivity index (χ0) is 35.7. The van der Waals surface area contributed by atoms with Crippen LogP contribution < -0.4 is 14.5 Å². The van der Waals surface area contributed by atoms with Crippen molar-refractivity contribution in [3.05, 3.63) is 193 Å². The molecule has 2 aliphatic rings. The van der Waals surface area contributed by atoms with Gasteiger partial charge in [0.05, 0.1) is 28.4 Å². The quantitative estimate of drug-likeness (QED) is 0.180. The van der Waals surface area contributed by atoms with Gasteiger partial charge in [0.2, 0.25) is 0 Å². The van der Waals surface area contributed by atoms with Crippen molar-refractivity contribution in [2.45, 2.75) is 26.2 Å². The van der Waals surface area contributed by atoms with Crippen LogP contribution in [-0.2, 0) is 5.41 Å². The molecule has 0 saturated carbocycles.